The number of hydrogen-bond donors (Lipinski definition) is 2. The van der Waals surface area contributed by atoms with Gasteiger partial charge in [-0.15, -0.1) is 0 Å². The first-order valence-corrected chi connectivity index (χ1v) is 8.84. The Labute approximate surface area is 142 Å². The van der Waals surface area contributed by atoms with Crippen LogP contribution in [0, 0.1) is 5.82 Å². The molecule has 1 aromatic rings. The Morgan fingerprint density at radius 2 is 1.92 bits per heavy atom. The van der Waals surface area contributed by atoms with E-state index in [0.717, 1.165) is 31.2 Å². The molecule has 1 amide bonds. The number of hydrogen-bond acceptors (Lipinski definition) is 3. The lowest BCUT2D eigenvalue weighted by molar-refractivity contribution is -0.126. The molecule has 5 heteroatoms. The number of nitrogens with one attached hydrogen (secondary N) is 1. The lowest BCUT2D eigenvalue weighted by Crippen LogP contribution is -2.46. The van der Waals surface area contributed by atoms with Gasteiger partial charge in [-0.25, -0.2) is 4.39 Å². The maximum Gasteiger partial charge on any atom is 0.222 e. The minimum Gasteiger partial charge on any atom is -0.389 e. The van der Waals surface area contributed by atoms with E-state index in [4.69, 9.17) is 4.74 Å². The second kappa shape index (κ2) is 7.19. The lowest BCUT2D eigenvalue weighted by Gasteiger charge is -2.38. The van der Waals surface area contributed by atoms with Crippen LogP contribution in [0.4, 0.5) is 4.39 Å². The quantitative estimate of drug-likeness (QED) is 0.870. The Morgan fingerprint density at radius 1 is 1.21 bits per heavy atom. The van der Waals surface area contributed by atoms with Crippen LogP contribution in [0.2, 0.25) is 0 Å². The van der Waals surface area contributed by atoms with Gasteiger partial charge in [0.05, 0.1) is 12.0 Å². The van der Waals surface area contributed by atoms with E-state index in [9.17, 15) is 14.3 Å². The Balaban J connectivity index is 1.67. The summed E-state index contributed by atoms with van der Waals surface area (Å²) >= 11 is 0. The molecule has 0 spiro atoms. The number of carbonyl (C=O) groups excluding carboxylic acids is 1. The summed E-state index contributed by atoms with van der Waals surface area (Å²) in [4.78, 5) is 12.3. The zero-order chi connectivity index (χ0) is 17.0. The highest BCUT2D eigenvalue weighted by atomic mass is 19.1. The second-order valence-corrected chi connectivity index (χ2v) is 7.29. The highest BCUT2D eigenvalue weighted by Gasteiger charge is 2.37. The third kappa shape index (κ3) is 3.95. The van der Waals surface area contributed by atoms with Gasteiger partial charge in [0.15, 0.2) is 0 Å². The Hall–Kier alpha value is -1.46. The largest absolute Gasteiger partial charge is 0.389 e. The third-order valence-electron chi connectivity index (χ3n) is 5.53. The molecule has 0 atom stereocenters. The highest BCUT2D eigenvalue weighted by Crippen LogP contribution is 2.35. The van der Waals surface area contributed by atoms with Crippen molar-refractivity contribution in [1.82, 2.24) is 5.32 Å². The SMILES string of the molecule is O=C(CC1(O)CCCC1)NCC1(c2cccc(F)c2)CCOCC1. The minimum atomic E-state index is -0.841. The lowest BCUT2D eigenvalue weighted by atomic mass is 9.74. The minimum absolute atomic E-state index is 0.123. The molecule has 1 saturated heterocycles. The van der Waals surface area contributed by atoms with Gasteiger partial charge < -0.3 is 15.2 Å². The van der Waals surface area contributed by atoms with E-state index in [1.165, 1.54) is 6.07 Å². The molecule has 1 saturated carbocycles. The van der Waals surface area contributed by atoms with Crippen molar-refractivity contribution in [2.75, 3.05) is 19.8 Å². The van der Waals surface area contributed by atoms with Gasteiger partial charge in [-0.1, -0.05) is 25.0 Å². The number of aliphatic hydroxyl groups is 1. The zero-order valence-electron chi connectivity index (χ0n) is 14.0. The number of halogens is 1. The standard InChI is InChI=1S/C19H26FNO3/c20-16-5-3-4-15(12-16)18(8-10-24-11-9-18)14-21-17(22)13-19(23)6-1-2-7-19/h3-5,12,23H,1-2,6-11,13-14H2,(H,21,22). The molecule has 1 aliphatic heterocycles. The fourth-order valence-corrected chi connectivity index (χ4v) is 3.99. The molecule has 2 aliphatic rings. The van der Waals surface area contributed by atoms with Crippen molar-refractivity contribution in [3.05, 3.63) is 35.6 Å². The van der Waals surface area contributed by atoms with Crippen molar-refractivity contribution in [1.29, 1.82) is 0 Å². The topological polar surface area (TPSA) is 58.6 Å². The number of carbonyl (C=O) groups is 1. The average molecular weight is 335 g/mol. The van der Waals surface area contributed by atoms with Crippen molar-refractivity contribution in [2.45, 2.75) is 56.0 Å². The van der Waals surface area contributed by atoms with E-state index in [-0.39, 0.29) is 23.6 Å². The van der Waals surface area contributed by atoms with Crippen LogP contribution in [0.25, 0.3) is 0 Å². The molecule has 0 aromatic heterocycles. The molecule has 0 bridgehead atoms. The summed E-state index contributed by atoms with van der Waals surface area (Å²) < 4.78 is 19.1. The van der Waals surface area contributed by atoms with E-state index in [1.54, 1.807) is 12.1 Å². The Kier molecular flexibility index (Phi) is 5.21. The summed E-state index contributed by atoms with van der Waals surface area (Å²) in [6, 6.07) is 6.63. The van der Waals surface area contributed by atoms with Gasteiger partial charge in [-0.3, -0.25) is 4.79 Å². The van der Waals surface area contributed by atoms with E-state index in [1.807, 2.05) is 6.07 Å². The van der Waals surface area contributed by atoms with Crippen LogP contribution in [0.5, 0.6) is 0 Å². The highest BCUT2D eigenvalue weighted by molar-refractivity contribution is 5.77. The number of benzene rings is 1. The first-order chi connectivity index (χ1) is 11.5. The molecule has 24 heavy (non-hydrogen) atoms. The van der Waals surface area contributed by atoms with E-state index >= 15 is 0 Å². The maximum atomic E-state index is 13.7. The summed E-state index contributed by atoms with van der Waals surface area (Å²) in [6.45, 7) is 1.67. The van der Waals surface area contributed by atoms with E-state index in [2.05, 4.69) is 5.32 Å². The van der Waals surface area contributed by atoms with Crippen LogP contribution in [0.3, 0.4) is 0 Å². The Bertz CT molecular complexity index is 578. The molecule has 2 fully saturated rings. The number of rotatable bonds is 5. The monoisotopic (exact) mass is 335 g/mol. The summed E-state index contributed by atoms with van der Waals surface area (Å²) in [7, 11) is 0. The molecule has 1 aliphatic carbocycles. The van der Waals surface area contributed by atoms with Gasteiger partial charge in [0.25, 0.3) is 0 Å². The number of ether oxygens (including phenoxy) is 1. The summed E-state index contributed by atoms with van der Waals surface area (Å²) in [5.74, 6) is -0.383. The van der Waals surface area contributed by atoms with Gasteiger partial charge >= 0.3 is 0 Å². The van der Waals surface area contributed by atoms with Crippen LogP contribution in [-0.4, -0.2) is 36.4 Å². The van der Waals surface area contributed by atoms with Gasteiger partial charge in [0, 0.05) is 25.2 Å². The molecule has 0 radical (unpaired) electrons. The normalized spacial score (nSPS) is 22.2. The first-order valence-electron chi connectivity index (χ1n) is 8.84. The Morgan fingerprint density at radius 3 is 2.58 bits per heavy atom. The van der Waals surface area contributed by atoms with Crippen LogP contribution in [0.1, 0.15) is 50.5 Å². The predicted molar refractivity (Wildman–Crippen MR) is 89.2 cm³/mol. The van der Waals surface area contributed by atoms with Gasteiger partial charge in [-0.2, -0.15) is 0 Å². The maximum absolute atomic E-state index is 13.7. The third-order valence-corrected chi connectivity index (χ3v) is 5.53. The second-order valence-electron chi connectivity index (χ2n) is 7.29. The molecular formula is C19H26FNO3. The van der Waals surface area contributed by atoms with Gasteiger partial charge in [0.2, 0.25) is 5.91 Å². The van der Waals surface area contributed by atoms with Gasteiger partial charge in [0.1, 0.15) is 5.82 Å². The average Bonchev–Trinajstić information content (AvgIpc) is 3.00. The van der Waals surface area contributed by atoms with Crippen molar-refractivity contribution < 1.29 is 19.0 Å². The molecule has 3 rings (SSSR count). The smallest absolute Gasteiger partial charge is 0.222 e. The summed E-state index contributed by atoms with van der Waals surface area (Å²) in [5, 5.41) is 13.4. The van der Waals surface area contributed by atoms with Crippen LogP contribution in [-0.2, 0) is 14.9 Å². The van der Waals surface area contributed by atoms with E-state index < -0.39 is 5.60 Å². The predicted octanol–water partition coefficient (Wildman–Crippen LogP) is 2.69. The van der Waals surface area contributed by atoms with Crippen molar-refractivity contribution in [3.63, 3.8) is 0 Å². The van der Waals surface area contributed by atoms with Crippen LogP contribution >= 0.6 is 0 Å². The molecule has 132 valence electrons. The molecule has 1 aromatic carbocycles. The summed E-state index contributed by atoms with van der Waals surface area (Å²) in [6.07, 6.45) is 5.01. The molecule has 4 nitrogen and oxygen atoms in total. The fourth-order valence-electron chi connectivity index (χ4n) is 3.99. The zero-order valence-corrected chi connectivity index (χ0v) is 14.0. The van der Waals surface area contributed by atoms with E-state index in [0.29, 0.717) is 32.6 Å². The molecular weight excluding hydrogens is 309 g/mol. The van der Waals surface area contributed by atoms with Crippen molar-refractivity contribution >= 4 is 5.91 Å². The van der Waals surface area contributed by atoms with Crippen LogP contribution < -0.4 is 5.32 Å². The molecule has 1 heterocycles. The summed E-state index contributed by atoms with van der Waals surface area (Å²) in [5.41, 5.74) is -0.231. The fraction of sp³-hybridized carbons (Fsp3) is 0.632. The van der Waals surface area contributed by atoms with Gasteiger partial charge in [-0.05, 0) is 43.4 Å². The van der Waals surface area contributed by atoms with Crippen molar-refractivity contribution in [2.24, 2.45) is 0 Å². The molecule has 2 N–H and O–H groups in total. The van der Waals surface area contributed by atoms with Crippen molar-refractivity contribution in [3.8, 4) is 0 Å². The number of amides is 1. The van der Waals surface area contributed by atoms with Crippen LogP contribution in [0.15, 0.2) is 24.3 Å². The first kappa shape index (κ1) is 17.4. The molecule has 0 unspecified atom stereocenters.